The third-order valence-corrected chi connectivity index (χ3v) is 13.1. The Balaban J connectivity index is 1.58. The molecule has 1 aliphatic heterocycles. The number of nitrogens with zero attached hydrogens (tertiary/aromatic N) is 2. The van der Waals surface area contributed by atoms with Crippen LogP contribution in [-0.2, 0) is 76.7 Å². The lowest BCUT2D eigenvalue weighted by molar-refractivity contribution is -0.141. The fourth-order valence-electron chi connectivity index (χ4n) is 7.61. The number of carbonyl (C=O) groups excluding carboxylic acids is 16. The number of halogens is 1. The number of anilines is 1. The van der Waals surface area contributed by atoms with Crippen molar-refractivity contribution >= 4 is 127 Å². The number of ether oxygens (including phenoxy) is 1. The number of carbonyl (C=O) groups is 17. The van der Waals surface area contributed by atoms with Gasteiger partial charge in [0, 0.05) is 171 Å². The van der Waals surface area contributed by atoms with Crippen LogP contribution in [0.25, 0.3) is 0 Å². The number of amides is 5. The molecule has 0 aromatic heterocycles. The van der Waals surface area contributed by atoms with E-state index in [2.05, 4.69) is 10.6 Å². The number of ketones is 12. The van der Waals surface area contributed by atoms with Gasteiger partial charge in [0.1, 0.15) is 87.9 Å². The average Bonchev–Trinajstić information content (AvgIpc) is 3.39. The van der Waals surface area contributed by atoms with E-state index in [9.17, 15) is 86.6 Å². The van der Waals surface area contributed by atoms with Crippen molar-refractivity contribution in [2.75, 3.05) is 25.2 Å². The molecule has 2 rings (SSSR count). The second-order valence-electron chi connectivity index (χ2n) is 18.9. The van der Waals surface area contributed by atoms with Gasteiger partial charge in [-0.15, -0.1) is 0 Å². The third kappa shape index (κ3) is 28.5. The molecule has 1 aliphatic rings. The molecule has 3 N–H and O–H groups in total. The maximum atomic E-state index is 13.3. The van der Waals surface area contributed by atoms with Crippen LogP contribution < -0.4 is 20.3 Å². The highest BCUT2D eigenvalue weighted by Crippen LogP contribution is 2.32. The quantitative estimate of drug-likeness (QED) is 0.0745. The van der Waals surface area contributed by atoms with Crippen molar-refractivity contribution in [3.8, 4) is 5.75 Å². The highest BCUT2D eigenvalue weighted by Gasteiger charge is 2.35. The van der Waals surface area contributed by atoms with E-state index in [4.69, 9.17) is 4.74 Å². The molecule has 0 saturated carbocycles. The summed E-state index contributed by atoms with van der Waals surface area (Å²) in [5, 5.41) is 13.9. The Morgan fingerprint density at radius 3 is 1.19 bits per heavy atom. The first-order valence-electron chi connectivity index (χ1n) is 25.8. The Hall–Kier alpha value is -6.86. The van der Waals surface area contributed by atoms with Crippen LogP contribution >= 0.6 is 22.6 Å². The van der Waals surface area contributed by atoms with E-state index in [1.54, 1.807) is 18.2 Å². The number of nitrogens with one attached hydrogen (secondary N) is 2. The minimum atomic E-state index is -1.63. The van der Waals surface area contributed by atoms with Gasteiger partial charge >= 0.3 is 12.0 Å². The predicted molar refractivity (Wildman–Crippen MR) is 284 cm³/mol. The number of hydrogen-bond acceptors (Lipinski definition) is 18. The largest absolute Gasteiger partial charge is 0.495 e. The summed E-state index contributed by atoms with van der Waals surface area (Å²) in [6, 6.07) is 2.69. The summed E-state index contributed by atoms with van der Waals surface area (Å²) in [4.78, 5) is 211. The first-order chi connectivity index (χ1) is 36.9. The van der Waals surface area contributed by atoms with E-state index < -0.39 is 72.6 Å². The van der Waals surface area contributed by atoms with Crippen molar-refractivity contribution in [3.05, 3.63) is 21.8 Å². The van der Waals surface area contributed by atoms with E-state index in [0.717, 1.165) is 8.47 Å². The molecule has 426 valence electrons. The molecule has 5 amide bonds. The normalized spacial score (nSPS) is 12.5. The van der Waals surface area contributed by atoms with Gasteiger partial charge in [-0.1, -0.05) is 0 Å². The molecule has 1 atom stereocenters. The van der Waals surface area contributed by atoms with Gasteiger partial charge in [0.25, 0.3) is 0 Å². The molecule has 23 nitrogen and oxygen atoms in total. The van der Waals surface area contributed by atoms with Crippen LogP contribution in [0.3, 0.4) is 0 Å². The number of hydrogen-bond donors (Lipinski definition) is 3. The number of Topliss-reactive ketones (excluding diaryl/α,β-unsaturated/α-hetero) is 12. The van der Waals surface area contributed by atoms with Crippen LogP contribution in [0.2, 0.25) is 0 Å². The predicted octanol–water partition coefficient (Wildman–Crippen LogP) is 4.70. The monoisotopic (exact) mass is 1200 g/mol. The summed E-state index contributed by atoms with van der Waals surface area (Å²) < 4.78 is 6.13. The fourth-order valence-corrected chi connectivity index (χ4v) is 8.08. The Labute approximate surface area is 464 Å². The molecule has 24 heteroatoms. The van der Waals surface area contributed by atoms with Crippen LogP contribution in [-0.4, -0.2) is 135 Å². The van der Waals surface area contributed by atoms with Gasteiger partial charge in [0.2, 0.25) is 17.7 Å². The van der Waals surface area contributed by atoms with E-state index in [1.807, 2.05) is 22.6 Å². The molecule has 0 unspecified atom stereocenters. The van der Waals surface area contributed by atoms with E-state index in [1.165, 1.54) is 18.9 Å². The van der Waals surface area contributed by atoms with Crippen molar-refractivity contribution < 1.29 is 91.4 Å². The van der Waals surface area contributed by atoms with Crippen molar-refractivity contribution in [1.29, 1.82) is 0 Å². The Morgan fingerprint density at radius 1 is 0.538 bits per heavy atom. The molecular weight excluding hydrogens is 1140 g/mol. The van der Waals surface area contributed by atoms with Crippen molar-refractivity contribution in [2.24, 2.45) is 0 Å². The van der Waals surface area contributed by atoms with Gasteiger partial charge in [0.15, 0.2) is 0 Å². The van der Waals surface area contributed by atoms with Crippen molar-refractivity contribution in [3.63, 3.8) is 0 Å². The van der Waals surface area contributed by atoms with Crippen molar-refractivity contribution in [1.82, 2.24) is 15.5 Å². The molecule has 78 heavy (non-hydrogen) atoms. The molecule has 1 fully saturated rings. The zero-order valence-corrected chi connectivity index (χ0v) is 46.3. The lowest BCUT2D eigenvalue weighted by Gasteiger charge is -2.35. The molecular formula is C54H69IN4O19. The first kappa shape index (κ1) is 67.3. The maximum Gasteiger partial charge on any atom is 0.332 e. The van der Waals surface area contributed by atoms with Gasteiger partial charge in [-0.2, -0.15) is 0 Å². The van der Waals surface area contributed by atoms with E-state index in [-0.39, 0.29) is 213 Å². The highest BCUT2D eigenvalue weighted by molar-refractivity contribution is 14.1. The maximum absolute atomic E-state index is 13.3. The van der Waals surface area contributed by atoms with Gasteiger partial charge in [-0.25, -0.2) is 9.69 Å². The number of imide groups is 1. The zero-order valence-electron chi connectivity index (χ0n) is 44.2. The van der Waals surface area contributed by atoms with Crippen LogP contribution in [0.15, 0.2) is 18.2 Å². The number of rotatable bonds is 44. The summed E-state index contributed by atoms with van der Waals surface area (Å²) in [6.45, 7) is 0.776. The first-order valence-corrected chi connectivity index (χ1v) is 26.9. The van der Waals surface area contributed by atoms with Crippen LogP contribution in [0, 0.1) is 3.57 Å². The standard InChI is InChI=1S/C54H69IN4O19/c1-34(60)3-5-36(61)6-7-37(62)8-9-38(63)10-11-39(64)12-13-40(65)14-15-41(66)16-17-42(67)18-19-43(68)20-21-44(69)22-23-45(70)24-25-46(71)26-28-50(72)57-47(32-52(74)75)53(76)56-33-59-51(73)29-30-58(54(59)77)48-31-35(55)4-27-49(48)78-2/h4,27,31,47H,3,5-26,28-30,32-33H2,1-2H3,(H,56,76)(H,57,72)(H,74,75)/t47-/m0/s1. The molecule has 0 bridgehead atoms. The third-order valence-electron chi connectivity index (χ3n) is 12.4. The van der Waals surface area contributed by atoms with Crippen LogP contribution in [0.4, 0.5) is 10.5 Å². The number of carboxylic acids is 1. The molecule has 0 radical (unpaired) electrons. The van der Waals surface area contributed by atoms with Gasteiger partial charge < -0.3 is 25.3 Å². The molecule has 0 aliphatic carbocycles. The van der Waals surface area contributed by atoms with Gasteiger partial charge in [-0.3, -0.25) is 76.8 Å². The Kier molecular flexibility index (Phi) is 31.3. The Bertz CT molecular complexity index is 2470. The van der Waals surface area contributed by atoms with E-state index >= 15 is 0 Å². The topological polar surface area (TPSA) is 350 Å². The second kappa shape index (κ2) is 36.3. The number of aliphatic carboxylic acids is 1. The zero-order chi connectivity index (χ0) is 58.3. The lowest BCUT2D eigenvalue weighted by atomic mass is 9.99. The summed E-state index contributed by atoms with van der Waals surface area (Å²) in [7, 11) is 1.42. The van der Waals surface area contributed by atoms with Crippen molar-refractivity contribution in [2.45, 2.75) is 180 Å². The summed E-state index contributed by atoms with van der Waals surface area (Å²) >= 11 is 2.05. The van der Waals surface area contributed by atoms with E-state index in [0.29, 0.717) is 11.4 Å². The molecule has 1 saturated heterocycles. The molecule has 1 aromatic rings. The minimum Gasteiger partial charge on any atom is -0.495 e. The molecule has 1 heterocycles. The van der Waals surface area contributed by atoms with Crippen LogP contribution in [0.5, 0.6) is 5.75 Å². The SMILES string of the molecule is COc1ccc(I)cc1N1CCC(=O)N(CNC(=O)[C@H](CC(=O)O)NC(=O)CCC(=O)CCC(=O)CCC(=O)CCC(=O)CCC(=O)CCC(=O)CCC(=O)CCC(=O)CCC(=O)CCC(=O)CCC(=O)CCC(C)=O)C1=O. The molecule has 1 aromatic carbocycles. The number of benzene rings is 1. The molecule has 0 spiro atoms. The number of methoxy groups -OCH3 is 1. The lowest BCUT2D eigenvalue weighted by Crippen LogP contribution is -2.57. The fraction of sp³-hybridized carbons (Fsp3) is 0.574. The van der Waals surface area contributed by atoms with Crippen LogP contribution in [0.1, 0.15) is 174 Å². The average molecular weight is 1210 g/mol. The number of carboxylic acid groups (broad SMARTS) is 1. The summed E-state index contributed by atoms with van der Waals surface area (Å²) in [5.41, 5.74) is 0.393. The summed E-state index contributed by atoms with van der Waals surface area (Å²) in [6.07, 6.45) is -4.30. The van der Waals surface area contributed by atoms with Gasteiger partial charge in [0.05, 0.1) is 19.2 Å². The smallest absolute Gasteiger partial charge is 0.332 e. The van der Waals surface area contributed by atoms with Gasteiger partial charge in [-0.05, 0) is 47.7 Å². The summed E-state index contributed by atoms with van der Waals surface area (Å²) in [5.74, 6) is -7.51. The minimum absolute atomic E-state index is 0.00445. The highest BCUT2D eigenvalue weighted by atomic mass is 127. The second-order valence-corrected chi connectivity index (χ2v) is 20.1. The number of urea groups is 1. The Morgan fingerprint density at radius 2 is 0.872 bits per heavy atom.